The Kier molecular flexibility index (Phi) is 6.48. The quantitative estimate of drug-likeness (QED) is 0.648. The number of carbonyl (C=O) groups excluding carboxylic acids is 1. The molecular weight excluding hydrogens is 388 g/mol. The number of hydrogen-bond donors (Lipinski definition) is 1. The van der Waals surface area contributed by atoms with Crippen LogP contribution in [-0.4, -0.2) is 12.5 Å². The van der Waals surface area contributed by atoms with Gasteiger partial charge >= 0.3 is 0 Å². The van der Waals surface area contributed by atoms with Crippen LogP contribution in [0.2, 0.25) is 0 Å². The number of ether oxygens (including phenoxy) is 1. The molecule has 1 unspecified atom stereocenters. The number of benzene rings is 1. The van der Waals surface area contributed by atoms with E-state index in [1.54, 1.807) is 0 Å². The van der Waals surface area contributed by atoms with Crippen LogP contribution >= 0.6 is 23.6 Å². The van der Waals surface area contributed by atoms with E-state index in [2.05, 4.69) is 32.2 Å². The van der Waals surface area contributed by atoms with Crippen LogP contribution in [0.4, 0.5) is 5.00 Å². The normalized spacial score (nSPS) is 15.6. The molecule has 4 nitrogen and oxygen atoms in total. The van der Waals surface area contributed by atoms with E-state index in [1.807, 2.05) is 24.3 Å². The molecule has 1 aromatic heterocycles. The summed E-state index contributed by atoms with van der Waals surface area (Å²) in [7, 11) is 0. The molecule has 0 aliphatic heterocycles. The highest BCUT2D eigenvalue weighted by molar-refractivity contribution is 7.73. The smallest absolute Gasteiger partial charge is 0.262 e. The molecule has 1 heterocycles. The van der Waals surface area contributed by atoms with Crippen molar-refractivity contribution in [3.05, 3.63) is 50.3 Å². The first-order chi connectivity index (χ1) is 13.4. The summed E-state index contributed by atoms with van der Waals surface area (Å²) in [5, 5.41) is 13.0. The van der Waals surface area contributed by atoms with Crippen molar-refractivity contribution in [3.63, 3.8) is 0 Å². The summed E-state index contributed by atoms with van der Waals surface area (Å²) in [5.41, 5.74) is 3.82. The molecule has 3 rings (SSSR count). The maximum Gasteiger partial charge on any atom is 0.262 e. The summed E-state index contributed by atoms with van der Waals surface area (Å²) in [6, 6.07) is 10.0. The molecule has 1 aliphatic carbocycles. The van der Waals surface area contributed by atoms with E-state index < -0.39 is 0 Å². The van der Waals surface area contributed by atoms with Gasteiger partial charge in [0.2, 0.25) is 0 Å². The van der Waals surface area contributed by atoms with Crippen LogP contribution < -0.4 is 10.1 Å². The molecule has 1 N–H and O–H groups in total. The van der Waals surface area contributed by atoms with Gasteiger partial charge in [0, 0.05) is 0 Å². The molecule has 1 amide bonds. The Hall–Kier alpha value is -2.23. The van der Waals surface area contributed by atoms with Gasteiger partial charge in [0.05, 0.1) is 9.39 Å². The first-order valence-corrected chi connectivity index (χ1v) is 10.7. The van der Waals surface area contributed by atoms with E-state index in [4.69, 9.17) is 17.0 Å². The zero-order chi connectivity index (χ0) is 20.3. The Morgan fingerprint density at radius 3 is 2.93 bits per heavy atom. The first kappa shape index (κ1) is 20.5. The second kappa shape index (κ2) is 8.85. The second-order valence-electron chi connectivity index (χ2n) is 7.57. The minimum absolute atomic E-state index is 0.111. The van der Waals surface area contributed by atoms with Crippen LogP contribution in [0, 0.1) is 21.1 Å². The Labute approximate surface area is 175 Å². The van der Waals surface area contributed by atoms with E-state index >= 15 is 0 Å². The van der Waals surface area contributed by atoms with E-state index in [0.29, 0.717) is 28.1 Å². The number of fused-ring (bicyclic) bond motifs is 1. The molecule has 1 atom stereocenters. The number of nitrogens with one attached hydrogen (secondary N) is 1. The van der Waals surface area contributed by atoms with Gasteiger partial charge in [-0.1, -0.05) is 45.1 Å². The zero-order valence-corrected chi connectivity index (χ0v) is 18.0. The van der Waals surface area contributed by atoms with Gasteiger partial charge < -0.3 is 10.1 Å². The molecule has 6 heteroatoms. The van der Waals surface area contributed by atoms with Crippen molar-refractivity contribution in [3.8, 4) is 11.8 Å². The number of anilines is 1. The second-order valence-corrected chi connectivity index (χ2v) is 9.26. The van der Waals surface area contributed by atoms with Crippen LogP contribution in [0.5, 0.6) is 5.75 Å². The highest BCUT2D eigenvalue weighted by Crippen LogP contribution is 2.35. The third-order valence-corrected chi connectivity index (χ3v) is 6.47. The van der Waals surface area contributed by atoms with Crippen molar-refractivity contribution in [2.24, 2.45) is 5.92 Å². The van der Waals surface area contributed by atoms with Crippen LogP contribution in [-0.2, 0) is 17.6 Å². The van der Waals surface area contributed by atoms with Crippen molar-refractivity contribution < 1.29 is 9.53 Å². The number of nitrogens with zero attached hydrogens (tertiary/aromatic N) is 1. The van der Waals surface area contributed by atoms with Gasteiger partial charge in [-0.2, -0.15) is 5.26 Å². The Morgan fingerprint density at radius 2 is 2.21 bits per heavy atom. The van der Waals surface area contributed by atoms with E-state index in [-0.39, 0.29) is 12.5 Å². The average molecular weight is 413 g/mol. The van der Waals surface area contributed by atoms with Gasteiger partial charge in [0.1, 0.15) is 16.8 Å². The first-order valence-electron chi connectivity index (χ1n) is 9.50. The lowest BCUT2D eigenvalue weighted by molar-refractivity contribution is -0.118. The predicted octanol–water partition coefficient (Wildman–Crippen LogP) is 5.61. The standard InChI is InChI=1S/C22H24N2O2S2/c1-13(2)15-5-4-6-16(10-15)26-12-20(25)24-21-19(11-23)17-8-7-14(3)9-18(17)22(27)28-21/h4-6,10,13-14H,7-9,12H2,1-3H3,(H,24,25). The lowest BCUT2D eigenvalue weighted by Gasteiger charge is -2.23. The Morgan fingerprint density at radius 1 is 1.43 bits per heavy atom. The fourth-order valence-electron chi connectivity index (χ4n) is 3.42. The monoisotopic (exact) mass is 412 g/mol. The molecular formula is C22H24N2O2S2. The number of rotatable bonds is 5. The van der Waals surface area contributed by atoms with Crippen molar-refractivity contribution in [2.45, 2.75) is 46.0 Å². The molecule has 1 aliphatic rings. The van der Waals surface area contributed by atoms with E-state index in [9.17, 15) is 10.1 Å². The third kappa shape index (κ3) is 4.60. The molecule has 0 spiro atoms. The molecule has 0 radical (unpaired) electrons. The third-order valence-electron chi connectivity index (χ3n) is 5.03. The minimum Gasteiger partial charge on any atom is -0.484 e. The van der Waals surface area contributed by atoms with Crippen molar-refractivity contribution in [2.75, 3.05) is 11.9 Å². The maximum absolute atomic E-state index is 12.4. The number of carbonyl (C=O) groups is 1. The highest BCUT2D eigenvalue weighted by Gasteiger charge is 2.23. The zero-order valence-electron chi connectivity index (χ0n) is 16.4. The fraction of sp³-hybridized carbons (Fsp3) is 0.409. The van der Waals surface area contributed by atoms with Gasteiger partial charge in [-0.3, -0.25) is 4.79 Å². The Bertz CT molecular complexity index is 989. The van der Waals surface area contributed by atoms with Crippen LogP contribution in [0.1, 0.15) is 55.4 Å². The fourth-order valence-corrected chi connectivity index (χ4v) is 4.83. The van der Waals surface area contributed by atoms with E-state index in [0.717, 1.165) is 39.8 Å². The highest BCUT2D eigenvalue weighted by atomic mass is 32.1. The maximum atomic E-state index is 12.4. The summed E-state index contributed by atoms with van der Waals surface area (Å²) in [4.78, 5) is 12.4. The SMILES string of the molecule is CC1CCc2c(C#N)c(NC(=O)COc3cccc(C(C)C)c3)sc(=S)c2C1. The van der Waals surface area contributed by atoms with Crippen LogP contribution in [0.3, 0.4) is 0 Å². The van der Waals surface area contributed by atoms with Gasteiger partial charge in [-0.15, -0.1) is 11.3 Å². The Balaban J connectivity index is 1.74. The van der Waals surface area contributed by atoms with Gasteiger partial charge in [-0.05, 0) is 59.9 Å². The molecule has 2 aromatic rings. The van der Waals surface area contributed by atoms with E-state index in [1.165, 1.54) is 11.3 Å². The molecule has 146 valence electrons. The summed E-state index contributed by atoms with van der Waals surface area (Å²) in [6.07, 6.45) is 2.77. The van der Waals surface area contributed by atoms with Crippen molar-refractivity contribution in [1.82, 2.24) is 0 Å². The molecule has 0 saturated heterocycles. The lowest BCUT2D eigenvalue weighted by atomic mass is 9.85. The van der Waals surface area contributed by atoms with Crippen LogP contribution in [0.25, 0.3) is 0 Å². The number of hydrogen-bond acceptors (Lipinski definition) is 5. The molecule has 0 bridgehead atoms. The average Bonchev–Trinajstić information content (AvgIpc) is 2.67. The minimum atomic E-state index is -0.291. The molecule has 28 heavy (non-hydrogen) atoms. The predicted molar refractivity (Wildman–Crippen MR) is 116 cm³/mol. The summed E-state index contributed by atoms with van der Waals surface area (Å²) < 4.78 is 6.41. The summed E-state index contributed by atoms with van der Waals surface area (Å²) in [6.45, 7) is 6.31. The number of nitriles is 1. The molecule has 0 fully saturated rings. The molecule has 0 saturated carbocycles. The van der Waals surface area contributed by atoms with Crippen molar-refractivity contribution in [1.29, 1.82) is 5.26 Å². The number of amides is 1. The lowest BCUT2D eigenvalue weighted by Crippen LogP contribution is -2.21. The van der Waals surface area contributed by atoms with Gasteiger partial charge in [0.15, 0.2) is 6.61 Å². The van der Waals surface area contributed by atoms with Crippen molar-refractivity contribution >= 4 is 34.5 Å². The summed E-state index contributed by atoms with van der Waals surface area (Å²) >= 11 is 6.85. The van der Waals surface area contributed by atoms with Gasteiger partial charge in [-0.25, -0.2) is 0 Å². The largest absolute Gasteiger partial charge is 0.484 e. The van der Waals surface area contributed by atoms with Gasteiger partial charge in [0.25, 0.3) is 5.91 Å². The molecule has 1 aromatic carbocycles. The van der Waals surface area contributed by atoms with Crippen LogP contribution in [0.15, 0.2) is 24.3 Å². The summed E-state index contributed by atoms with van der Waals surface area (Å²) in [5.74, 6) is 1.33. The topological polar surface area (TPSA) is 62.1 Å².